The molecular formula is C18H17NO2. The van der Waals surface area contributed by atoms with E-state index in [1.807, 2.05) is 61.5 Å². The number of benzene rings is 2. The number of fused-ring (bicyclic) bond motifs is 1. The van der Waals surface area contributed by atoms with E-state index in [9.17, 15) is 5.11 Å². The van der Waals surface area contributed by atoms with Gasteiger partial charge >= 0.3 is 0 Å². The standard InChI is InChI=1S/C18H17NO2/c1-12-6-7-13-10-15(8-9-17(13)19-12)18(20)14-4-3-5-16(11-14)21-2/h3-11,18,20H,1-2H3. The largest absolute Gasteiger partial charge is 0.497 e. The zero-order valence-electron chi connectivity index (χ0n) is 12.1. The highest BCUT2D eigenvalue weighted by atomic mass is 16.5. The summed E-state index contributed by atoms with van der Waals surface area (Å²) in [4.78, 5) is 4.47. The van der Waals surface area contributed by atoms with Gasteiger partial charge in [-0.05, 0) is 48.4 Å². The van der Waals surface area contributed by atoms with Gasteiger partial charge in [-0.3, -0.25) is 4.98 Å². The van der Waals surface area contributed by atoms with E-state index in [-0.39, 0.29) is 0 Å². The number of methoxy groups -OCH3 is 1. The van der Waals surface area contributed by atoms with E-state index in [2.05, 4.69) is 4.98 Å². The number of ether oxygens (including phenoxy) is 1. The van der Waals surface area contributed by atoms with Gasteiger partial charge in [-0.25, -0.2) is 0 Å². The van der Waals surface area contributed by atoms with Gasteiger partial charge in [-0.2, -0.15) is 0 Å². The first-order valence-corrected chi connectivity index (χ1v) is 6.87. The van der Waals surface area contributed by atoms with Crippen molar-refractivity contribution in [3.63, 3.8) is 0 Å². The van der Waals surface area contributed by atoms with Crippen LogP contribution in [-0.4, -0.2) is 17.2 Å². The Labute approximate surface area is 123 Å². The molecule has 0 saturated carbocycles. The molecular weight excluding hydrogens is 262 g/mol. The van der Waals surface area contributed by atoms with E-state index in [4.69, 9.17) is 4.74 Å². The Morgan fingerprint density at radius 1 is 1.00 bits per heavy atom. The first-order chi connectivity index (χ1) is 10.2. The number of nitrogens with zero attached hydrogens (tertiary/aromatic N) is 1. The van der Waals surface area contributed by atoms with Crippen LogP contribution in [0.5, 0.6) is 5.75 Å². The van der Waals surface area contributed by atoms with Crippen LogP contribution in [0.25, 0.3) is 10.9 Å². The van der Waals surface area contributed by atoms with Gasteiger partial charge in [-0.1, -0.05) is 24.3 Å². The number of aromatic nitrogens is 1. The molecule has 1 atom stereocenters. The van der Waals surface area contributed by atoms with Crippen molar-refractivity contribution in [1.82, 2.24) is 4.98 Å². The van der Waals surface area contributed by atoms with Crippen molar-refractivity contribution in [3.05, 3.63) is 71.4 Å². The summed E-state index contributed by atoms with van der Waals surface area (Å²) in [5, 5.41) is 11.6. The van der Waals surface area contributed by atoms with Gasteiger partial charge in [0.2, 0.25) is 0 Å². The van der Waals surface area contributed by atoms with Gasteiger partial charge in [0.15, 0.2) is 0 Å². The van der Waals surface area contributed by atoms with Crippen LogP contribution in [0.2, 0.25) is 0 Å². The van der Waals surface area contributed by atoms with Crippen molar-refractivity contribution in [3.8, 4) is 5.75 Å². The fourth-order valence-corrected chi connectivity index (χ4v) is 2.42. The summed E-state index contributed by atoms with van der Waals surface area (Å²) in [6.07, 6.45) is -0.675. The van der Waals surface area contributed by atoms with Crippen LogP contribution in [0.1, 0.15) is 22.9 Å². The second-order valence-electron chi connectivity index (χ2n) is 5.08. The first-order valence-electron chi connectivity index (χ1n) is 6.87. The molecule has 0 radical (unpaired) electrons. The van der Waals surface area contributed by atoms with E-state index in [0.717, 1.165) is 33.5 Å². The van der Waals surface area contributed by atoms with Crippen molar-refractivity contribution in [2.75, 3.05) is 7.11 Å². The molecule has 3 heteroatoms. The molecule has 1 aromatic heterocycles. The summed E-state index contributed by atoms with van der Waals surface area (Å²) in [6, 6.07) is 17.3. The maximum atomic E-state index is 10.5. The number of aryl methyl sites for hydroxylation is 1. The molecule has 1 unspecified atom stereocenters. The maximum absolute atomic E-state index is 10.5. The molecule has 2 aromatic carbocycles. The molecule has 1 heterocycles. The molecule has 0 amide bonds. The molecule has 0 saturated heterocycles. The molecule has 21 heavy (non-hydrogen) atoms. The predicted octanol–water partition coefficient (Wildman–Crippen LogP) is 3.63. The summed E-state index contributed by atoms with van der Waals surface area (Å²) in [5.41, 5.74) is 3.59. The third kappa shape index (κ3) is 2.73. The predicted molar refractivity (Wildman–Crippen MR) is 83.5 cm³/mol. The van der Waals surface area contributed by atoms with Crippen molar-refractivity contribution in [2.45, 2.75) is 13.0 Å². The summed E-state index contributed by atoms with van der Waals surface area (Å²) in [6.45, 7) is 1.97. The highest BCUT2D eigenvalue weighted by Gasteiger charge is 2.12. The monoisotopic (exact) mass is 279 g/mol. The van der Waals surface area contributed by atoms with Crippen LogP contribution in [0, 0.1) is 6.92 Å². The Kier molecular flexibility index (Phi) is 3.59. The van der Waals surface area contributed by atoms with Crippen LogP contribution < -0.4 is 4.74 Å². The van der Waals surface area contributed by atoms with Gasteiger partial charge in [0.1, 0.15) is 11.9 Å². The van der Waals surface area contributed by atoms with E-state index in [0.29, 0.717) is 0 Å². The summed E-state index contributed by atoms with van der Waals surface area (Å²) >= 11 is 0. The number of aliphatic hydroxyl groups excluding tert-OH is 1. The smallest absolute Gasteiger partial charge is 0.119 e. The van der Waals surface area contributed by atoms with E-state index in [1.165, 1.54) is 0 Å². The number of aliphatic hydroxyl groups is 1. The van der Waals surface area contributed by atoms with Gasteiger partial charge in [0, 0.05) is 11.1 Å². The molecule has 0 aliphatic carbocycles. The summed E-state index contributed by atoms with van der Waals surface area (Å²) in [7, 11) is 1.62. The van der Waals surface area contributed by atoms with Crippen molar-refractivity contribution in [1.29, 1.82) is 0 Å². The fraction of sp³-hybridized carbons (Fsp3) is 0.167. The Hall–Kier alpha value is -2.39. The molecule has 1 N–H and O–H groups in total. The minimum atomic E-state index is -0.675. The zero-order valence-corrected chi connectivity index (χ0v) is 12.1. The van der Waals surface area contributed by atoms with Crippen molar-refractivity contribution in [2.24, 2.45) is 0 Å². The molecule has 0 spiro atoms. The molecule has 106 valence electrons. The highest BCUT2D eigenvalue weighted by Crippen LogP contribution is 2.27. The molecule has 3 rings (SSSR count). The van der Waals surface area contributed by atoms with Crippen LogP contribution in [0.15, 0.2) is 54.6 Å². The topological polar surface area (TPSA) is 42.4 Å². The Balaban J connectivity index is 2.00. The number of rotatable bonds is 3. The number of pyridine rings is 1. The average molecular weight is 279 g/mol. The third-order valence-corrected chi connectivity index (χ3v) is 3.58. The number of hydrogen-bond acceptors (Lipinski definition) is 3. The van der Waals surface area contributed by atoms with Crippen molar-refractivity contribution < 1.29 is 9.84 Å². The minimum absolute atomic E-state index is 0.675. The van der Waals surface area contributed by atoms with Crippen molar-refractivity contribution >= 4 is 10.9 Å². The molecule has 0 aliphatic rings. The number of hydrogen-bond donors (Lipinski definition) is 1. The zero-order chi connectivity index (χ0) is 14.8. The molecule has 3 aromatic rings. The molecule has 0 aliphatic heterocycles. The Bertz CT molecular complexity index is 783. The fourth-order valence-electron chi connectivity index (χ4n) is 2.42. The Morgan fingerprint density at radius 3 is 2.62 bits per heavy atom. The van der Waals surface area contributed by atoms with Gasteiger partial charge < -0.3 is 9.84 Å². The van der Waals surface area contributed by atoms with E-state index < -0.39 is 6.10 Å². The highest BCUT2D eigenvalue weighted by molar-refractivity contribution is 5.79. The quantitative estimate of drug-likeness (QED) is 0.796. The second kappa shape index (κ2) is 5.54. The molecule has 0 bridgehead atoms. The minimum Gasteiger partial charge on any atom is -0.497 e. The van der Waals surface area contributed by atoms with Gasteiger partial charge in [-0.15, -0.1) is 0 Å². The second-order valence-corrected chi connectivity index (χ2v) is 5.08. The van der Waals surface area contributed by atoms with Crippen LogP contribution in [-0.2, 0) is 0 Å². The lowest BCUT2D eigenvalue weighted by atomic mass is 9.99. The molecule has 3 nitrogen and oxygen atoms in total. The third-order valence-electron chi connectivity index (χ3n) is 3.58. The van der Waals surface area contributed by atoms with Crippen LogP contribution in [0.3, 0.4) is 0 Å². The maximum Gasteiger partial charge on any atom is 0.119 e. The Morgan fingerprint density at radius 2 is 1.81 bits per heavy atom. The normalized spacial score (nSPS) is 12.3. The lowest BCUT2D eigenvalue weighted by Crippen LogP contribution is -2.00. The SMILES string of the molecule is COc1cccc(C(O)c2ccc3nc(C)ccc3c2)c1. The molecule has 0 fully saturated rings. The van der Waals surface area contributed by atoms with Crippen LogP contribution >= 0.6 is 0 Å². The summed E-state index contributed by atoms with van der Waals surface area (Å²) < 4.78 is 5.20. The lowest BCUT2D eigenvalue weighted by Gasteiger charge is -2.13. The van der Waals surface area contributed by atoms with Crippen LogP contribution in [0.4, 0.5) is 0 Å². The van der Waals surface area contributed by atoms with E-state index >= 15 is 0 Å². The summed E-state index contributed by atoms with van der Waals surface area (Å²) in [5.74, 6) is 0.740. The van der Waals surface area contributed by atoms with Gasteiger partial charge in [0.05, 0.1) is 12.6 Å². The lowest BCUT2D eigenvalue weighted by molar-refractivity contribution is 0.220. The van der Waals surface area contributed by atoms with E-state index in [1.54, 1.807) is 7.11 Å². The van der Waals surface area contributed by atoms with Gasteiger partial charge in [0.25, 0.3) is 0 Å². The average Bonchev–Trinajstić information content (AvgIpc) is 2.53. The first kappa shape index (κ1) is 13.6.